The van der Waals surface area contributed by atoms with Crippen molar-refractivity contribution in [1.82, 2.24) is 14.6 Å². The van der Waals surface area contributed by atoms with Crippen LogP contribution in [0, 0.1) is 13.8 Å². The van der Waals surface area contributed by atoms with Gasteiger partial charge < -0.3 is 5.32 Å². The van der Waals surface area contributed by atoms with Crippen LogP contribution in [0.1, 0.15) is 11.1 Å². The second kappa shape index (κ2) is 8.39. The molecule has 0 saturated heterocycles. The van der Waals surface area contributed by atoms with Crippen LogP contribution in [0.5, 0.6) is 0 Å². The maximum Gasteiger partial charge on any atom is 0.234 e. The summed E-state index contributed by atoms with van der Waals surface area (Å²) in [6, 6.07) is 15.9. The Labute approximate surface area is 181 Å². The second-order valence-corrected chi connectivity index (χ2v) is 8.62. The summed E-state index contributed by atoms with van der Waals surface area (Å²) in [5, 5.41) is 8.36. The average Bonchev–Trinajstić information content (AvgIpc) is 3.13. The molecule has 0 saturated carbocycles. The van der Waals surface area contributed by atoms with Crippen LogP contribution in [-0.4, -0.2) is 26.3 Å². The van der Waals surface area contributed by atoms with Crippen molar-refractivity contribution >= 4 is 44.8 Å². The molecule has 146 valence electrons. The SMILES string of the molecule is Cc1ccc(-c2cc3c(SCC(=O)Nc4cccc(Br)c4)nccn3n2)cc1C. The summed E-state index contributed by atoms with van der Waals surface area (Å²) in [5.74, 6) is 0.189. The normalized spacial score (nSPS) is 11.0. The molecule has 4 aromatic rings. The summed E-state index contributed by atoms with van der Waals surface area (Å²) >= 11 is 4.81. The lowest BCUT2D eigenvalue weighted by Gasteiger charge is -2.06. The van der Waals surface area contributed by atoms with Gasteiger partial charge in [0.05, 0.1) is 17.0 Å². The number of carbonyl (C=O) groups excluding carboxylic acids is 1. The van der Waals surface area contributed by atoms with Crippen LogP contribution in [0.25, 0.3) is 16.8 Å². The van der Waals surface area contributed by atoms with Crippen LogP contribution in [0.3, 0.4) is 0 Å². The number of fused-ring (bicyclic) bond motifs is 1. The van der Waals surface area contributed by atoms with Gasteiger partial charge in [-0.1, -0.05) is 45.9 Å². The number of benzene rings is 2. The zero-order chi connectivity index (χ0) is 20.4. The molecule has 0 unspecified atom stereocenters. The third kappa shape index (κ3) is 4.52. The van der Waals surface area contributed by atoms with E-state index in [1.807, 2.05) is 41.0 Å². The maximum absolute atomic E-state index is 12.3. The zero-order valence-corrected chi connectivity index (χ0v) is 18.4. The van der Waals surface area contributed by atoms with E-state index in [0.29, 0.717) is 0 Å². The highest BCUT2D eigenvalue weighted by atomic mass is 79.9. The van der Waals surface area contributed by atoms with Crippen molar-refractivity contribution in [3.63, 3.8) is 0 Å². The number of rotatable bonds is 5. The lowest BCUT2D eigenvalue weighted by atomic mass is 10.0. The zero-order valence-electron chi connectivity index (χ0n) is 16.0. The van der Waals surface area contributed by atoms with Crippen LogP contribution in [0.4, 0.5) is 5.69 Å². The molecule has 0 bridgehead atoms. The number of nitrogens with one attached hydrogen (secondary N) is 1. The van der Waals surface area contributed by atoms with Gasteiger partial charge in [0, 0.05) is 28.1 Å². The lowest BCUT2D eigenvalue weighted by Crippen LogP contribution is -2.14. The molecule has 0 atom stereocenters. The summed E-state index contributed by atoms with van der Waals surface area (Å²) in [7, 11) is 0. The number of thioether (sulfide) groups is 1. The number of aryl methyl sites for hydroxylation is 2. The van der Waals surface area contributed by atoms with Gasteiger partial charge in [0.15, 0.2) is 0 Å². The Morgan fingerprint density at radius 2 is 2.00 bits per heavy atom. The van der Waals surface area contributed by atoms with Crippen LogP contribution >= 0.6 is 27.7 Å². The van der Waals surface area contributed by atoms with E-state index in [1.54, 1.807) is 6.20 Å². The molecule has 7 heteroatoms. The Kier molecular flexibility index (Phi) is 5.69. The Hall–Kier alpha value is -2.64. The smallest absolute Gasteiger partial charge is 0.234 e. The fraction of sp³-hybridized carbons (Fsp3) is 0.136. The van der Waals surface area contributed by atoms with E-state index in [-0.39, 0.29) is 11.7 Å². The van der Waals surface area contributed by atoms with Gasteiger partial charge in [-0.05, 0) is 55.3 Å². The van der Waals surface area contributed by atoms with Gasteiger partial charge in [-0.25, -0.2) is 9.50 Å². The van der Waals surface area contributed by atoms with E-state index in [2.05, 4.69) is 63.4 Å². The molecule has 2 heterocycles. The van der Waals surface area contributed by atoms with Crippen LogP contribution in [0.2, 0.25) is 0 Å². The van der Waals surface area contributed by atoms with E-state index in [0.717, 1.165) is 32.0 Å². The third-order valence-corrected chi connectivity index (χ3v) is 6.09. The molecular weight excluding hydrogens is 448 g/mol. The molecule has 29 heavy (non-hydrogen) atoms. The molecule has 0 aliphatic rings. The van der Waals surface area contributed by atoms with Crippen molar-refractivity contribution < 1.29 is 4.79 Å². The van der Waals surface area contributed by atoms with Crippen LogP contribution in [-0.2, 0) is 4.79 Å². The molecule has 5 nitrogen and oxygen atoms in total. The molecular formula is C22H19BrN4OS. The van der Waals surface area contributed by atoms with Gasteiger partial charge in [-0.3, -0.25) is 4.79 Å². The summed E-state index contributed by atoms with van der Waals surface area (Å²) in [5.41, 5.74) is 6.10. The number of nitrogens with zero attached hydrogens (tertiary/aromatic N) is 3. The molecule has 0 spiro atoms. The first-order valence-electron chi connectivity index (χ1n) is 9.10. The Morgan fingerprint density at radius 3 is 2.79 bits per heavy atom. The standard InChI is InChI=1S/C22H19BrN4OS/c1-14-6-7-16(10-15(14)2)19-12-20-22(24-8-9-27(20)26-19)29-13-21(28)25-18-5-3-4-17(23)11-18/h3-12H,13H2,1-2H3,(H,25,28). The first-order valence-corrected chi connectivity index (χ1v) is 10.9. The topological polar surface area (TPSA) is 59.3 Å². The van der Waals surface area contributed by atoms with E-state index < -0.39 is 0 Å². The van der Waals surface area contributed by atoms with Gasteiger partial charge in [-0.2, -0.15) is 5.10 Å². The fourth-order valence-corrected chi connectivity index (χ4v) is 4.12. The largest absolute Gasteiger partial charge is 0.325 e. The van der Waals surface area contributed by atoms with Crippen LogP contribution < -0.4 is 5.32 Å². The molecule has 2 aromatic heterocycles. The van der Waals surface area contributed by atoms with E-state index in [4.69, 9.17) is 0 Å². The number of halogens is 1. The Bertz CT molecular complexity index is 1200. The Balaban J connectivity index is 1.52. The lowest BCUT2D eigenvalue weighted by molar-refractivity contribution is -0.113. The molecule has 0 fully saturated rings. The van der Waals surface area contributed by atoms with Gasteiger partial charge in [0.2, 0.25) is 5.91 Å². The minimum absolute atomic E-state index is 0.0780. The number of amides is 1. The number of hydrogen-bond donors (Lipinski definition) is 1. The molecule has 0 aliphatic heterocycles. The summed E-state index contributed by atoms with van der Waals surface area (Å²) < 4.78 is 2.74. The highest BCUT2D eigenvalue weighted by Gasteiger charge is 2.12. The molecule has 2 aromatic carbocycles. The van der Waals surface area contributed by atoms with Crippen molar-refractivity contribution in [3.8, 4) is 11.3 Å². The molecule has 0 radical (unpaired) electrons. The molecule has 1 N–H and O–H groups in total. The minimum Gasteiger partial charge on any atom is -0.325 e. The van der Waals surface area contributed by atoms with Crippen molar-refractivity contribution in [2.45, 2.75) is 18.9 Å². The van der Waals surface area contributed by atoms with E-state index >= 15 is 0 Å². The quantitative estimate of drug-likeness (QED) is 0.394. The minimum atomic E-state index is -0.0780. The average molecular weight is 467 g/mol. The second-order valence-electron chi connectivity index (χ2n) is 6.74. The number of hydrogen-bond acceptors (Lipinski definition) is 4. The van der Waals surface area contributed by atoms with Gasteiger partial charge >= 0.3 is 0 Å². The van der Waals surface area contributed by atoms with Crippen molar-refractivity contribution in [1.29, 1.82) is 0 Å². The van der Waals surface area contributed by atoms with Gasteiger partial charge in [0.1, 0.15) is 5.03 Å². The molecule has 0 aliphatic carbocycles. The predicted molar refractivity (Wildman–Crippen MR) is 121 cm³/mol. The first-order chi connectivity index (χ1) is 14.0. The van der Waals surface area contributed by atoms with E-state index in [1.165, 1.54) is 22.9 Å². The van der Waals surface area contributed by atoms with E-state index in [9.17, 15) is 4.79 Å². The van der Waals surface area contributed by atoms with Crippen LogP contribution in [0.15, 0.2) is 70.4 Å². The van der Waals surface area contributed by atoms with Gasteiger partial charge in [0.25, 0.3) is 0 Å². The number of carbonyl (C=O) groups is 1. The molecule has 1 amide bonds. The van der Waals surface area contributed by atoms with Crippen molar-refractivity contribution in [3.05, 3.63) is 76.5 Å². The highest BCUT2D eigenvalue weighted by Crippen LogP contribution is 2.27. The fourth-order valence-electron chi connectivity index (χ4n) is 2.95. The summed E-state index contributed by atoms with van der Waals surface area (Å²) in [6.07, 6.45) is 3.53. The maximum atomic E-state index is 12.3. The summed E-state index contributed by atoms with van der Waals surface area (Å²) in [4.78, 5) is 16.8. The third-order valence-electron chi connectivity index (χ3n) is 4.61. The summed E-state index contributed by atoms with van der Waals surface area (Å²) in [6.45, 7) is 4.20. The van der Waals surface area contributed by atoms with Crippen molar-refractivity contribution in [2.24, 2.45) is 0 Å². The Morgan fingerprint density at radius 1 is 1.14 bits per heavy atom. The number of anilines is 1. The predicted octanol–water partition coefficient (Wildman–Crippen LogP) is 5.51. The van der Waals surface area contributed by atoms with Crippen molar-refractivity contribution in [2.75, 3.05) is 11.1 Å². The highest BCUT2D eigenvalue weighted by molar-refractivity contribution is 9.10. The molecule has 4 rings (SSSR count). The number of aromatic nitrogens is 3. The van der Waals surface area contributed by atoms with Gasteiger partial charge in [-0.15, -0.1) is 0 Å². The monoisotopic (exact) mass is 466 g/mol. The first kappa shape index (κ1) is 19.7.